The van der Waals surface area contributed by atoms with Crippen LogP contribution in [0.25, 0.3) is 10.8 Å². The maximum atomic E-state index is 12.5. The average molecular weight is 386 g/mol. The van der Waals surface area contributed by atoms with E-state index < -0.39 is 12.5 Å². The first kappa shape index (κ1) is 19.2. The number of carbonyl (C=O) groups is 1. The summed E-state index contributed by atoms with van der Waals surface area (Å²) in [5.41, 5.74) is 3.22. The molecule has 0 aliphatic rings. The lowest BCUT2D eigenvalue weighted by Crippen LogP contribution is -2.27. The van der Waals surface area contributed by atoms with E-state index in [0.717, 1.165) is 4.68 Å². The Morgan fingerprint density at radius 1 is 1.14 bits per heavy atom. The van der Waals surface area contributed by atoms with Crippen LogP contribution in [0.3, 0.4) is 0 Å². The van der Waals surface area contributed by atoms with Gasteiger partial charge in [0, 0.05) is 12.4 Å². The first-order valence-corrected chi connectivity index (χ1v) is 8.22. The molecule has 0 saturated heterocycles. The summed E-state index contributed by atoms with van der Waals surface area (Å²) in [7, 11) is 1.46. The number of hydrogen-bond donors (Lipinski definition) is 1. The van der Waals surface area contributed by atoms with Crippen LogP contribution in [0.1, 0.15) is 23.0 Å². The molecule has 144 valence electrons. The third-order valence-electron chi connectivity index (χ3n) is 3.99. The van der Waals surface area contributed by atoms with Gasteiger partial charge in [-0.2, -0.15) is 19.0 Å². The van der Waals surface area contributed by atoms with Crippen molar-refractivity contribution in [2.45, 2.75) is 13.5 Å². The topological polar surface area (TPSA) is 85.6 Å². The highest BCUT2D eigenvalue weighted by molar-refractivity contribution is 6.06. The molecule has 1 aromatic heterocycles. The summed E-state index contributed by atoms with van der Waals surface area (Å²) in [6, 6.07) is 12.5. The molecule has 1 amide bonds. The number of nitrogens with zero attached hydrogens (tertiary/aromatic N) is 3. The fourth-order valence-electron chi connectivity index (χ4n) is 2.60. The predicted molar refractivity (Wildman–Crippen MR) is 99.7 cm³/mol. The van der Waals surface area contributed by atoms with Crippen molar-refractivity contribution >= 4 is 22.4 Å². The molecule has 0 unspecified atom stereocenters. The van der Waals surface area contributed by atoms with E-state index in [-0.39, 0.29) is 17.0 Å². The summed E-state index contributed by atoms with van der Waals surface area (Å²) >= 11 is 0. The second-order valence-electron chi connectivity index (χ2n) is 5.86. The van der Waals surface area contributed by atoms with Crippen molar-refractivity contribution in [2.75, 3.05) is 0 Å². The Kier molecular flexibility index (Phi) is 5.44. The number of aryl methyl sites for hydroxylation is 1. The van der Waals surface area contributed by atoms with E-state index >= 15 is 0 Å². The van der Waals surface area contributed by atoms with Gasteiger partial charge in [0.05, 0.1) is 11.1 Å². The molecular weight excluding hydrogens is 370 g/mol. The molecule has 0 bridgehead atoms. The van der Waals surface area contributed by atoms with E-state index in [0.29, 0.717) is 22.0 Å². The Balaban J connectivity index is 1.83. The zero-order valence-corrected chi connectivity index (χ0v) is 15.0. The largest absolute Gasteiger partial charge is 0.435 e. The van der Waals surface area contributed by atoms with Crippen LogP contribution in [-0.4, -0.2) is 28.0 Å². The summed E-state index contributed by atoms with van der Waals surface area (Å²) in [5.74, 6) is -0.555. The van der Waals surface area contributed by atoms with Crippen molar-refractivity contribution < 1.29 is 18.3 Å². The van der Waals surface area contributed by atoms with Crippen LogP contribution in [0.15, 0.2) is 58.4 Å². The molecule has 0 saturated carbocycles. The SMILES string of the molecule is C/C(=N\NC(=O)c1nn(C)c(=O)c2ccccc12)c1ccc(OC(F)F)cc1. The number of benzene rings is 2. The zero-order valence-electron chi connectivity index (χ0n) is 15.0. The van der Waals surface area contributed by atoms with Crippen LogP contribution in [-0.2, 0) is 7.05 Å². The van der Waals surface area contributed by atoms with Crippen LogP contribution in [0.2, 0.25) is 0 Å². The summed E-state index contributed by atoms with van der Waals surface area (Å²) in [6.45, 7) is -1.25. The molecule has 0 fully saturated rings. The average Bonchev–Trinajstić information content (AvgIpc) is 2.68. The minimum atomic E-state index is -2.90. The Morgan fingerprint density at radius 3 is 2.43 bits per heavy atom. The number of aromatic nitrogens is 2. The number of amides is 1. The van der Waals surface area contributed by atoms with Gasteiger partial charge in [0.1, 0.15) is 5.75 Å². The molecule has 2 aromatic carbocycles. The quantitative estimate of drug-likeness (QED) is 0.540. The predicted octanol–water partition coefficient (Wildman–Crippen LogP) is 2.69. The molecule has 28 heavy (non-hydrogen) atoms. The van der Waals surface area contributed by atoms with Gasteiger partial charge in [-0.25, -0.2) is 10.1 Å². The van der Waals surface area contributed by atoms with Gasteiger partial charge in [0.25, 0.3) is 11.5 Å². The highest BCUT2D eigenvalue weighted by atomic mass is 19.3. The van der Waals surface area contributed by atoms with Gasteiger partial charge in [-0.05, 0) is 42.8 Å². The van der Waals surface area contributed by atoms with E-state index in [4.69, 9.17) is 0 Å². The molecule has 1 heterocycles. The first-order valence-electron chi connectivity index (χ1n) is 8.22. The highest BCUT2D eigenvalue weighted by Crippen LogP contribution is 2.16. The zero-order chi connectivity index (χ0) is 20.3. The molecule has 7 nitrogen and oxygen atoms in total. The lowest BCUT2D eigenvalue weighted by molar-refractivity contribution is -0.0498. The molecule has 0 aliphatic carbocycles. The van der Waals surface area contributed by atoms with E-state index in [1.165, 1.54) is 19.2 Å². The Morgan fingerprint density at radius 2 is 1.79 bits per heavy atom. The summed E-state index contributed by atoms with van der Waals surface area (Å²) in [5, 5.41) is 8.84. The van der Waals surface area contributed by atoms with E-state index in [9.17, 15) is 18.4 Å². The number of nitrogens with one attached hydrogen (secondary N) is 1. The molecule has 9 heteroatoms. The fourth-order valence-corrected chi connectivity index (χ4v) is 2.60. The van der Waals surface area contributed by atoms with Crippen molar-refractivity contribution in [3.8, 4) is 5.75 Å². The molecule has 1 N–H and O–H groups in total. The minimum Gasteiger partial charge on any atom is -0.435 e. The number of fused-ring (bicyclic) bond motifs is 1. The van der Waals surface area contributed by atoms with Gasteiger partial charge >= 0.3 is 6.61 Å². The van der Waals surface area contributed by atoms with Crippen LogP contribution in [0, 0.1) is 0 Å². The smallest absolute Gasteiger partial charge is 0.387 e. The van der Waals surface area contributed by atoms with E-state index in [1.54, 1.807) is 43.3 Å². The monoisotopic (exact) mass is 386 g/mol. The van der Waals surface area contributed by atoms with Crippen molar-refractivity contribution in [3.63, 3.8) is 0 Å². The molecule has 0 atom stereocenters. The normalized spacial score (nSPS) is 11.7. The number of alkyl halides is 2. The molecular formula is C19H16F2N4O3. The molecule has 3 rings (SSSR count). The lowest BCUT2D eigenvalue weighted by Gasteiger charge is -2.08. The van der Waals surface area contributed by atoms with Gasteiger partial charge < -0.3 is 4.74 Å². The number of hydrazone groups is 1. The maximum absolute atomic E-state index is 12.5. The van der Waals surface area contributed by atoms with E-state index in [2.05, 4.69) is 20.4 Å². The van der Waals surface area contributed by atoms with Gasteiger partial charge in [0.15, 0.2) is 5.69 Å². The summed E-state index contributed by atoms with van der Waals surface area (Å²) in [6.07, 6.45) is 0. The maximum Gasteiger partial charge on any atom is 0.387 e. The third kappa shape index (κ3) is 4.03. The standard InChI is InChI=1S/C19H16F2N4O3/c1-11(12-7-9-13(10-8-12)28-19(20)21)22-23-17(26)16-14-5-3-4-6-15(14)18(27)25(2)24-16/h3-10,19H,1-2H3,(H,23,26)/b22-11+. The molecule has 0 spiro atoms. The Labute approximate surface area is 158 Å². The van der Waals surface area contributed by atoms with Crippen molar-refractivity contribution in [1.29, 1.82) is 0 Å². The lowest BCUT2D eigenvalue weighted by atomic mass is 10.1. The number of halogens is 2. The van der Waals surface area contributed by atoms with Gasteiger partial charge in [-0.15, -0.1) is 0 Å². The van der Waals surface area contributed by atoms with Crippen LogP contribution < -0.4 is 15.7 Å². The van der Waals surface area contributed by atoms with Crippen LogP contribution in [0.5, 0.6) is 5.75 Å². The number of ether oxygens (including phenoxy) is 1. The number of hydrogen-bond acceptors (Lipinski definition) is 5. The third-order valence-corrected chi connectivity index (χ3v) is 3.99. The van der Waals surface area contributed by atoms with E-state index in [1.807, 2.05) is 0 Å². The Hall–Kier alpha value is -3.62. The van der Waals surface area contributed by atoms with Crippen molar-refractivity contribution in [2.24, 2.45) is 12.1 Å². The first-order chi connectivity index (χ1) is 13.4. The van der Waals surface area contributed by atoms with Gasteiger partial charge in [-0.1, -0.05) is 18.2 Å². The second-order valence-corrected chi connectivity index (χ2v) is 5.86. The van der Waals surface area contributed by atoms with Gasteiger partial charge in [-0.3, -0.25) is 9.59 Å². The molecule has 3 aromatic rings. The summed E-state index contributed by atoms with van der Waals surface area (Å²) < 4.78 is 29.8. The van der Waals surface area contributed by atoms with Gasteiger partial charge in [0.2, 0.25) is 0 Å². The van der Waals surface area contributed by atoms with Crippen molar-refractivity contribution in [1.82, 2.24) is 15.2 Å². The summed E-state index contributed by atoms with van der Waals surface area (Å²) in [4.78, 5) is 24.7. The fraction of sp³-hybridized carbons (Fsp3) is 0.158. The Bertz CT molecular complexity index is 1110. The number of carbonyl (C=O) groups excluding carboxylic acids is 1. The van der Waals surface area contributed by atoms with Crippen LogP contribution in [0.4, 0.5) is 8.78 Å². The molecule has 0 aliphatic heterocycles. The minimum absolute atomic E-state index is 0.0245. The van der Waals surface area contributed by atoms with Crippen molar-refractivity contribution in [3.05, 3.63) is 70.1 Å². The molecule has 0 radical (unpaired) electrons. The number of rotatable bonds is 5. The highest BCUT2D eigenvalue weighted by Gasteiger charge is 2.15. The second kappa shape index (κ2) is 7.95. The van der Waals surface area contributed by atoms with Crippen LogP contribution >= 0.6 is 0 Å².